The highest BCUT2D eigenvalue weighted by atomic mass is 32.2. The maximum atomic E-state index is 15.0. The molecule has 2 unspecified atom stereocenters. The molecule has 2 nitrogen and oxygen atoms in total. The van der Waals surface area contributed by atoms with Crippen molar-refractivity contribution in [3.05, 3.63) is 268 Å². The van der Waals surface area contributed by atoms with Gasteiger partial charge in [-0.3, -0.25) is 4.79 Å². The minimum absolute atomic E-state index is 0.0103. The quantitative estimate of drug-likeness (QED) is 0.128. The zero-order chi connectivity index (χ0) is 43.5. The Bertz CT molecular complexity index is 3760. The van der Waals surface area contributed by atoms with Crippen molar-refractivity contribution in [2.45, 2.75) is 28.6 Å². The molecule has 0 saturated carbocycles. The number of fused-ring (bicyclic) bond motifs is 21. The molecule has 2 atom stereocenters. The summed E-state index contributed by atoms with van der Waals surface area (Å²) in [5.41, 5.74) is 24.5. The summed E-state index contributed by atoms with van der Waals surface area (Å²) in [5.74, 6) is -0.635. The zero-order valence-corrected chi connectivity index (χ0v) is 36.7. The van der Waals surface area contributed by atoms with Crippen LogP contribution in [0.25, 0.3) is 55.7 Å². The Balaban J connectivity index is 0.842. The molecule has 0 amide bonds. The molecule has 0 saturated heterocycles. The number of allylic oxidation sites excluding steroid dienone is 8. The molecular weight excluding hydrogens is 821 g/mol. The molecule has 2 spiro atoms. The van der Waals surface area contributed by atoms with Gasteiger partial charge in [0, 0.05) is 11.5 Å². The van der Waals surface area contributed by atoms with Crippen molar-refractivity contribution >= 4 is 32.2 Å². The lowest BCUT2D eigenvalue weighted by atomic mass is 9.68. The third kappa shape index (κ3) is 4.40. The molecule has 310 valence electrons. The van der Waals surface area contributed by atoms with E-state index in [-0.39, 0.29) is 5.78 Å². The zero-order valence-electron chi connectivity index (χ0n) is 35.8. The molecule has 1 aliphatic heterocycles. The minimum Gasteiger partial charge on any atom is -0.457 e. The predicted molar refractivity (Wildman–Crippen MR) is 268 cm³/mol. The molecule has 8 aromatic carbocycles. The summed E-state index contributed by atoms with van der Waals surface area (Å²) in [6, 6.07) is 64.1. The van der Waals surface area contributed by atoms with Crippen LogP contribution in [0.2, 0.25) is 0 Å². The highest BCUT2D eigenvalue weighted by Gasteiger charge is 2.53. The van der Waals surface area contributed by atoms with Gasteiger partial charge in [-0.2, -0.15) is 0 Å². The Kier molecular flexibility index (Phi) is 7.25. The number of ketones is 1. The van der Waals surface area contributed by atoms with Crippen LogP contribution >= 0.6 is 0 Å². The lowest BCUT2D eigenvalue weighted by Crippen LogP contribution is -2.30. The van der Waals surface area contributed by atoms with Crippen LogP contribution in [-0.4, -0.2) is 10.6 Å². The summed E-state index contributed by atoms with van der Waals surface area (Å²) in [6.07, 6.45) is 12.9. The average molecular weight is 860 g/mol. The van der Waals surface area contributed by atoms with Gasteiger partial charge in [-0.15, -0.1) is 9.76 Å². The predicted octanol–water partition coefficient (Wildman–Crippen LogP) is 14.1. The van der Waals surface area contributed by atoms with Crippen LogP contribution < -0.4 is 0 Å². The molecule has 7 aliphatic rings. The van der Waals surface area contributed by atoms with Gasteiger partial charge in [-0.05, 0) is 142 Å². The molecule has 0 fully saturated rings. The van der Waals surface area contributed by atoms with Crippen molar-refractivity contribution < 1.29 is 9.00 Å². The number of Topliss-reactive ketones (excluding diaryl/α,β-unsaturated/α-hetero) is 1. The van der Waals surface area contributed by atoms with Gasteiger partial charge in [0.25, 0.3) is 0 Å². The van der Waals surface area contributed by atoms with Gasteiger partial charge in [-0.25, -0.2) is 10.4 Å². The molecule has 8 aromatic rings. The largest absolute Gasteiger partial charge is 0.457 e. The first-order chi connectivity index (χ1) is 32.6. The summed E-state index contributed by atoms with van der Waals surface area (Å²) in [6.45, 7) is 0. The normalized spacial score (nSPS) is 20.2. The van der Waals surface area contributed by atoms with Crippen molar-refractivity contribution in [1.82, 2.24) is 0 Å². The first-order valence-corrected chi connectivity index (χ1v) is 24.3. The van der Waals surface area contributed by atoms with Crippen molar-refractivity contribution in [1.29, 1.82) is 0 Å². The molecule has 66 heavy (non-hydrogen) atoms. The third-order valence-electron chi connectivity index (χ3n) is 16.0. The molecule has 0 aromatic heterocycles. The van der Waals surface area contributed by atoms with Crippen LogP contribution in [-0.2, 0) is 25.4 Å². The molecule has 1 heterocycles. The number of benzene rings is 8. The van der Waals surface area contributed by atoms with Gasteiger partial charge in [-0.1, -0.05) is 188 Å². The van der Waals surface area contributed by atoms with E-state index < -0.39 is 27.1 Å². The number of hydrogen-bond acceptors (Lipinski definition) is 3. The fourth-order valence-corrected chi connectivity index (χ4v) is 14.8. The summed E-state index contributed by atoms with van der Waals surface area (Å²) in [7, 11) is -1.48. The first kappa shape index (κ1) is 36.7. The van der Waals surface area contributed by atoms with Crippen LogP contribution in [0.3, 0.4) is 0 Å². The molecule has 0 radical (unpaired) electrons. The highest BCUT2D eigenvalue weighted by molar-refractivity contribution is 7.85. The minimum atomic E-state index is -1.48. The molecule has 0 bridgehead atoms. The fraction of sp³-hybridized carbons (Fsp3) is 0.0794. The maximum Gasteiger partial charge on any atom is 0.170 e. The molecular formula is C63H39O2S-. The van der Waals surface area contributed by atoms with Crippen molar-refractivity contribution in [3.63, 3.8) is 0 Å². The summed E-state index contributed by atoms with van der Waals surface area (Å²) >= 11 is 0. The second-order valence-electron chi connectivity index (χ2n) is 18.8. The molecule has 0 N–H and O–H groups in total. The lowest BCUT2D eigenvalue weighted by molar-refractivity contribution is 0.0969. The Morgan fingerprint density at radius 1 is 0.439 bits per heavy atom. The topological polar surface area (TPSA) is 34.1 Å². The summed E-state index contributed by atoms with van der Waals surface area (Å²) in [4.78, 5) is 16.2. The van der Waals surface area contributed by atoms with E-state index in [1.54, 1.807) is 0 Å². The van der Waals surface area contributed by atoms with Gasteiger partial charge in [0.05, 0.1) is 10.8 Å². The first-order valence-electron chi connectivity index (χ1n) is 23.1. The second-order valence-corrected chi connectivity index (χ2v) is 20.2. The van der Waals surface area contributed by atoms with Crippen LogP contribution in [0.4, 0.5) is 0 Å². The Labute approximate surface area is 385 Å². The van der Waals surface area contributed by atoms with Gasteiger partial charge < -0.3 is 4.21 Å². The van der Waals surface area contributed by atoms with E-state index in [2.05, 4.69) is 182 Å². The Morgan fingerprint density at radius 2 is 0.924 bits per heavy atom. The Hall–Kier alpha value is -7.59. The smallest absolute Gasteiger partial charge is 0.170 e. The van der Waals surface area contributed by atoms with Crippen molar-refractivity contribution in [3.8, 4) is 44.5 Å². The fourth-order valence-electron chi connectivity index (χ4n) is 13.4. The maximum absolute atomic E-state index is 15.0. The number of carbonyl (C=O) groups is 1. The number of rotatable bonds is 2. The average Bonchev–Trinajstić information content (AvgIpc) is 4.06. The lowest BCUT2D eigenvalue weighted by Gasteiger charge is -2.33. The molecule has 6 aliphatic carbocycles. The van der Waals surface area contributed by atoms with Crippen LogP contribution in [0.5, 0.6) is 0 Å². The number of carbonyl (C=O) groups excluding carboxylic acids is 1. The summed E-state index contributed by atoms with van der Waals surface area (Å²) < 4.78 is 14.5. The van der Waals surface area contributed by atoms with Crippen molar-refractivity contribution in [2.24, 2.45) is 5.92 Å². The van der Waals surface area contributed by atoms with E-state index in [0.717, 1.165) is 35.1 Å². The second kappa shape index (κ2) is 13.0. The SMILES string of the molecule is O=C1c2cc(-c3ccc4c(c3)C3(c5ccccc5-c5ccccc53)c3ccccc3-4)ccc2[S-](=O)=C2C=CC(c3ccc4c(c3)C3(C5=C(CCC=C5)c5ccccc53)c3ccccc3-4)=CC12. The van der Waals surface area contributed by atoms with Crippen LogP contribution in [0, 0.1) is 5.92 Å². The summed E-state index contributed by atoms with van der Waals surface area (Å²) in [5, 5.41) is 0. The Morgan fingerprint density at radius 3 is 1.56 bits per heavy atom. The molecule has 3 heteroatoms. The van der Waals surface area contributed by atoms with E-state index in [0.29, 0.717) is 15.3 Å². The highest BCUT2D eigenvalue weighted by Crippen LogP contribution is 2.65. The van der Waals surface area contributed by atoms with E-state index >= 15 is 0 Å². The van der Waals surface area contributed by atoms with E-state index in [1.165, 1.54) is 89.0 Å². The standard InChI is InChI=1S/C63H39O2S/c64-61-49-33-37(39-25-29-47-45-17-5-11-23-55(45)62(57(47)35-39)51-19-7-1-13-41(51)42-14-2-8-20-52(42)62)27-31-59(49)66(65)60-32-28-38(34-50(60)61)40-26-30-48-46-18-6-12-24-56(46)63(58(48)36-40)53-21-9-3-15-43(53)44-16-4-10-22-54(44)63/h1-3,5-15,17-36,50H,4,16H2/q-1. The third-order valence-corrected chi connectivity index (χ3v) is 17.5. The van der Waals surface area contributed by atoms with Gasteiger partial charge in [0.15, 0.2) is 5.78 Å². The van der Waals surface area contributed by atoms with Gasteiger partial charge in [0.2, 0.25) is 0 Å². The van der Waals surface area contributed by atoms with Crippen LogP contribution in [0.15, 0.2) is 217 Å². The number of hydrogen-bond donors (Lipinski definition) is 0. The van der Waals surface area contributed by atoms with E-state index in [9.17, 15) is 9.00 Å². The molecule has 15 rings (SSSR count). The van der Waals surface area contributed by atoms with E-state index in [4.69, 9.17) is 0 Å². The van der Waals surface area contributed by atoms with Gasteiger partial charge >= 0.3 is 0 Å². The van der Waals surface area contributed by atoms with Crippen LogP contribution in [0.1, 0.15) is 73.3 Å². The van der Waals surface area contributed by atoms with Gasteiger partial charge in [0.1, 0.15) is 0 Å². The monoisotopic (exact) mass is 859 g/mol. The van der Waals surface area contributed by atoms with Crippen molar-refractivity contribution in [2.75, 3.05) is 0 Å². The van der Waals surface area contributed by atoms with E-state index in [1.807, 2.05) is 24.3 Å².